The lowest BCUT2D eigenvalue weighted by atomic mass is 9.95. The fraction of sp³-hybridized carbons (Fsp3) is 0.636. The summed E-state index contributed by atoms with van der Waals surface area (Å²) < 4.78 is 6.74. The molecule has 1 aromatic rings. The quantitative estimate of drug-likeness (QED) is 0.929. The van der Waals surface area contributed by atoms with E-state index in [0.717, 1.165) is 19.4 Å². The van der Waals surface area contributed by atoms with Crippen molar-refractivity contribution in [1.29, 1.82) is 0 Å². The zero-order chi connectivity index (χ0) is 10.8. The smallest absolute Gasteiger partial charge is 0.0551 e. The first kappa shape index (κ1) is 11.6. The highest BCUT2D eigenvalue weighted by Gasteiger charge is 2.27. The van der Waals surface area contributed by atoms with Crippen molar-refractivity contribution < 1.29 is 4.74 Å². The number of hydrogen-bond acceptors (Lipinski definition) is 3. The SMILES string of the molecule is CC1CC(C(N)Cc2sccc2Br)CO1. The second-order valence-corrected chi connectivity index (χ2v) is 6.05. The van der Waals surface area contributed by atoms with E-state index in [1.807, 2.05) is 0 Å². The molecule has 3 atom stereocenters. The van der Waals surface area contributed by atoms with E-state index in [2.05, 4.69) is 34.3 Å². The predicted molar refractivity (Wildman–Crippen MR) is 67.2 cm³/mol. The fourth-order valence-electron chi connectivity index (χ4n) is 2.00. The molecule has 0 spiro atoms. The fourth-order valence-corrected chi connectivity index (χ4v) is 3.59. The van der Waals surface area contributed by atoms with Crippen molar-refractivity contribution in [2.45, 2.75) is 31.9 Å². The minimum absolute atomic E-state index is 0.227. The van der Waals surface area contributed by atoms with Gasteiger partial charge in [0.25, 0.3) is 0 Å². The monoisotopic (exact) mass is 289 g/mol. The van der Waals surface area contributed by atoms with Gasteiger partial charge < -0.3 is 10.5 Å². The van der Waals surface area contributed by atoms with Gasteiger partial charge in [0.2, 0.25) is 0 Å². The summed E-state index contributed by atoms with van der Waals surface area (Å²) in [6, 6.07) is 2.31. The summed E-state index contributed by atoms with van der Waals surface area (Å²) in [5.41, 5.74) is 6.21. The average Bonchev–Trinajstić information content (AvgIpc) is 2.77. The van der Waals surface area contributed by atoms with Gasteiger partial charge in [-0.2, -0.15) is 0 Å². The minimum Gasteiger partial charge on any atom is -0.378 e. The molecule has 0 aromatic carbocycles. The van der Waals surface area contributed by atoms with Crippen LogP contribution < -0.4 is 5.73 Å². The van der Waals surface area contributed by atoms with Gasteiger partial charge in [0.1, 0.15) is 0 Å². The molecule has 2 nitrogen and oxygen atoms in total. The first-order chi connectivity index (χ1) is 7.16. The van der Waals surface area contributed by atoms with Crippen LogP contribution in [-0.4, -0.2) is 18.8 Å². The van der Waals surface area contributed by atoms with Gasteiger partial charge in [0, 0.05) is 21.3 Å². The Kier molecular flexibility index (Phi) is 3.83. The van der Waals surface area contributed by atoms with Gasteiger partial charge >= 0.3 is 0 Å². The Balaban J connectivity index is 1.92. The van der Waals surface area contributed by atoms with E-state index in [-0.39, 0.29) is 6.04 Å². The maximum atomic E-state index is 6.21. The molecule has 0 radical (unpaired) electrons. The first-order valence-corrected chi connectivity index (χ1v) is 6.93. The number of thiophene rings is 1. The van der Waals surface area contributed by atoms with Crippen molar-refractivity contribution in [3.63, 3.8) is 0 Å². The van der Waals surface area contributed by atoms with Gasteiger partial charge in [0.15, 0.2) is 0 Å². The van der Waals surface area contributed by atoms with Crippen LogP contribution in [0.25, 0.3) is 0 Å². The Hall–Kier alpha value is 0.1000. The van der Waals surface area contributed by atoms with E-state index in [1.165, 1.54) is 9.35 Å². The second-order valence-electron chi connectivity index (χ2n) is 4.20. The van der Waals surface area contributed by atoms with Gasteiger partial charge in [-0.1, -0.05) is 0 Å². The van der Waals surface area contributed by atoms with Crippen molar-refractivity contribution in [1.82, 2.24) is 0 Å². The van der Waals surface area contributed by atoms with Crippen LogP contribution in [0.2, 0.25) is 0 Å². The third-order valence-corrected chi connectivity index (χ3v) is 4.90. The van der Waals surface area contributed by atoms with Gasteiger partial charge in [-0.05, 0) is 47.1 Å². The lowest BCUT2D eigenvalue weighted by Crippen LogP contribution is -2.32. The Morgan fingerprint density at radius 2 is 2.53 bits per heavy atom. The third kappa shape index (κ3) is 2.81. The average molecular weight is 290 g/mol. The molecule has 84 valence electrons. The Bertz CT molecular complexity index is 328. The number of rotatable bonds is 3. The van der Waals surface area contributed by atoms with Gasteiger partial charge in [-0.15, -0.1) is 11.3 Å². The molecule has 2 rings (SSSR count). The standard InChI is InChI=1S/C11H16BrNOS/c1-7-4-8(6-14-7)10(13)5-11-9(12)2-3-15-11/h2-3,7-8,10H,4-6,13H2,1H3. The zero-order valence-corrected chi connectivity index (χ0v) is 11.2. The number of ether oxygens (including phenoxy) is 1. The number of nitrogens with two attached hydrogens (primary N) is 1. The van der Waals surface area contributed by atoms with Crippen molar-refractivity contribution in [2.75, 3.05) is 6.61 Å². The van der Waals surface area contributed by atoms with Crippen LogP contribution in [0.4, 0.5) is 0 Å². The maximum Gasteiger partial charge on any atom is 0.0551 e. The van der Waals surface area contributed by atoms with Gasteiger partial charge in [0.05, 0.1) is 12.7 Å². The summed E-state index contributed by atoms with van der Waals surface area (Å²) in [5, 5.41) is 2.10. The molecule has 0 saturated carbocycles. The molecule has 2 N–H and O–H groups in total. The van der Waals surface area contributed by atoms with Crippen LogP contribution in [0.3, 0.4) is 0 Å². The molecular formula is C11H16BrNOS. The second kappa shape index (κ2) is 4.95. The highest BCUT2D eigenvalue weighted by molar-refractivity contribution is 9.10. The molecule has 1 saturated heterocycles. The van der Waals surface area contributed by atoms with Crippen LogP contribution in [0.5, 0.6) is 0 Å². The summed E-state index contributed by atoms with van der Waals surface area (Å²) in [5.74, 6) is 0.522. The summed E-state index contributed by atoms with van der Waals surface area (Å²) >= 11 is 5.31. The van der Waals surface area contributed by atoms with Crippen LogP contribution in [-0.2, 0) is 11.2 Å². The van der Waals surface area contributed by atoms with Crippen LogP contribution in [0.1, 0.15) is 18.2 Å². The maximum absolute atomic E-state index is 6.21. The Morgan fingerprint density at radius 3 is 3.07 bits per heavy atom. The molecule has 0 amide bonds. The Morgan fingerprint density at radius 1 is 1.73 bits per heavy atom. The third-order valence-electron chi connectivity index (χ3n) is 2.95. The van der Waals surface area contributed by atoms with E-state index >= 15 is 0 Å². The minimum atomic E-state index is 0.227. The normalized spacial score (nSPS) is 28.2. The molecule has 0 aliphatic carbocycles. The molecule has 1 aliphatic heterocycles. The van der Waals surface area contributed by atoms with E-state index < -0.39 is 0 Å². The summed E-state index contributed by atoms with van der Waals surface area (Å²) in [6.07, 6.45) is 2.44. The molecular weight excluding hydrogens is 274 g/mol. The largest absolute Gasteiger partial charge is 0.378 e. The molecule has 15 heavy (non-hydrogen) atoms. The molecule has 3 unspecified atom stereocenters. The number of halogens is 1. The summed E-state index contributed by atoms with van der Waals surface area (Å²) in [7, 11) is 0. The molecule has 0 bridgehead atoms. The Labute approximate surface area is 103 Å². The van der Waals surface area contributed by atoms with Crippen molar-refractivity contribution in [3.05, 3.63) is 20.8 Å². The van der Waals surface area contributed by atoms with Crippen molar-refractivity contribution in [3.8, 4) is 0 Å². The molecule has 1 aliphatic rings. The van der Waals surface area contributed by atoms with E-state index in [9.17, 15) is 0 Å². The predicted octanol–water partition coefficient (Wildman–Crippen LogP) is 2.81. The molecule has 4 heteroatoms. The lowest BCUT2D eigenvalue weighted by molar-refractivity contribution is 0.118. The van der Waals surface area contributed by atoms with Crippen molar-refractivity contribution in [2.24, 2.45) is 11.7 Å². The first-order valence-electron chi connectivity index (χ1n) is 5.26. The topological polar surface area (TPSA) is 35.2 Å². The molecule has 1 fully saturated rings. The highest BCUT2D eigenvalue weighted by Crippen LogP contribution is 2.28. The number of hydrogen-bond donors (Lipinski definition) is 1. The van der Waals surface area contributed by atoms with Gasteiger partial charge in [-0.25, -0.2) is 0 Å². The van der Waals surface area contributed by atoms with Gasteiger partial charge in [-0.3, -0.25) is 0 Å². The van der Waals surface area contributed by atoms with Crippen LogP contribution in [0.15, 0.2) is 15.9 Å². The highest BCUT2D eigenvalue weighted by atomic mass is 79.9. The molecule has 2 heterocycles. The van der Waals surface area contributed by atoms with E-state index in [4.69, 9.17) is 10.5 Å². The van der Waals surface area contributed by atoms with Crippen LogP contribution >= 0.6 is 27.3 Å². The summed E-state index contributed by atoms with van der Waals surface area (Å²) in [6.45, 7) is 2.94. The van der Waals surface area contributed by atoms with Crippen molar-refractivity contribution >= 4 is 27.3 Å². The zero-order valence-electron chi connectivity index (χ0n) is 8.78. The summed E-state index contributed by atoms with van der Waals surface area (Å²) in [4.78, 5) is 1.35. The molecule has 1 aromatic heterocycles. The lowest BCUT2D eigenvalue weighted by Gasteiger charge is -2.16. The van der Waals surface area contributed by atoms with Crippen LogP contribution in [0, 0.1) is 5.92 Å². The van der Waals surface area contributed by atoms with E-state index in [0.29, 0.717) is 12.0 Å². The van der Waals surface area contributed by atoms with E-state index in [1.54, 1.807) is 11.3 Å².